The number of nitrogens with one attached hydrogen (secondary N) is 1. The smallest absolute Gasteiger partial charge is 0.241 e. The van der Waals surface area contributed by atoms with Gasteiger partial charge in [0.05, 0.1) is 10.9 Å². The lowest BCUT2D eigenvalue weighted by Crippen LogP contribution is -2.39. The Hall–Kier alpha value is -2.52. The van der Waals surface area contributed by atoms with Crippen LogP contribution in [0.15, 0.2) is 82.4 Å². The van der Waals surface area contributed by atoms with Crippen LogP contribution in [0, 0.1) is 0 Å². The van der Waals surface area contributed by atoms with E-state index in [0.29, 0.717) is 30.5 Å². The van der Waals surface area contributed by atoms with Gasteiger partial charge in [-0.25, -0.2) is 13.1 Å². The normalized spacial score (nSPS) is 12.8. The standard InChI is InChI=1S/C24H24BrN3O3S/c25-23-9-10-24(22-6-2-1-5-21(22)23)32(29,30)28-19(4-3-12-26)16-31-20-8-7-18-15-27-13-11-17(18)14-20/h1-2,5-11,13-15,19,28H,3-4,12,16,26H2/t19-/m0/s1. The molecule has 1 aromatic heterocycles. The molecule has 0 unspecified atom stereocenters. The number of nitrogens with two attached hydrogens (primary N) is 1. The van der Waals surface area contributed by atoms with Gasteiger partial charge in [-0.1, -0.05) is 40.2 Å². The van der Waals surface area contributed by atoms with Crippen LogP contribution in [0.4, 0.5) is 0 Å². The minimum Gasteiger partial charge on any atom is -0.492 e. The largest absolute Gasteiger partial charge is 0.492 e. The molecule has 0 bridgehead atoms. The summed E-state index contributed by atoms with van der Waals surface area (Å²) in [6, 6.07) is 18.0. The van der Waals surface area contributed by atoms with Crippen LogP contribution in [0.2, 0.25) is 0 Å². The number of nitrogens with zero attached hydrogens (tertiary/aromatic N) is 1. The monoisotopic (exact) mass is 513 g/mol. The Bertz CT molecular complexity index is 1340. The lowest BCUT2D eigenvalue weighted by molar-refractivity contribution is 0.271. The zero-order chi connectivity index (χ0) is 22.6. The molecule has 4 aromatic rings. The first-order valence-corrected chi connectivity index (χ1v) is 12.6. The highest BCUT2D eigenvalue weighted by Gasteiger charge is 2.23. The summed E-state index contributed by atoms with van der Waals surface area (Å²) >= 11 is 3.50. The number of sulfonamides is 1. The molecular weight excluding hydrogens is 490 g/mol. The second kappa shape index (κ2) is 9.95. The molecule has 0 aliphatic rings. The second-order valence-corrected chi connectivity index (χ2v) is 10.1. The molecule has 8 heteroatoms. The van der Waals surface area contributed by atoms with Gasteiger partial charge in [0.15, 0.2) is 0 Å². The number of halogens is 1. The molecule has 0 radical (unpaired) electrons. The molecule has 1 heterocycles. The van der Waals surface area contributed by atoms with Crippen molar-refractivity contribution in [3.63, 3.8) is 0 Å². The molecule has 1 atom stereocenters. The quantitative estimate of drug-likeness (QED) is 0.340. The maximum absolute atomic E-state index is 13.3. The van der Waals surface area contributed by atoms with Gasteiger partial charge < -0.3 is 10.5 Å². The molecule has 0 aliphatic carbocycles. The lowest BCUT2D eigenvalue weighted by atomic mass is 10.1. The Kier molecular flexibility index (Phi) is 7.05. The molecule has 3 N–H and O–H groups in total. The van der Waals surface area contributed by atoms with Crippen LogP contribution in [-0.2, 0) is 10.0 Å². The van der Waals surface area contributed by atoms with Crippen LogP contribution < -0.4 is 15.2 Å². The molecule has 0 aliphatic heterocycles. The van der Waals surface area contributed by atoms with Crippen molar-refractivity contribution in [2.24, 2.45) is 5.73 Å². The van der Waals surface area contributed by atoms with Gasteiger partial charge in [0.1, 0.15) is 12.4 Å². The van der Waals surface area contributed by atoms with Crippen LogP contribution in [-0.4, -0.2) is 32.6 Å². The van der Waals surface area contributed by atoms with E-state index in [1.807, 2.05) is 48.5 Å². The van der Waals surface area contributed by atoms with Crippen LogP contribution in [0.5, 0.6) is 5.75 Å². The fraction of sp³-hybridized carbons (Fsp3) is 0.208. The summed E-state index contributed by atoms with van der Waals surface area (Å²) in [6.45, 7) is 0.673. The van der Waals surface area contributed by atoms with Crippen LogP contribution in [0.25, 0.3) is 21.5 Å². The molecule has 3 aromatic carbocycles. The molecule has 0 amide bonds. The van der Waals surface area contributed by atoms with Crippen molar-refractivity contribution in [3.8, 4) is 5.75 Å². The molecule has 166 valence electrons. The van der Waals surface area contributed by atoms with Gasteiger partial charge in [0.25, 0.3) is 0 Å². The molecule has 32 heavy (non-hydrogen) atoms. The molecule has 0 saturated heterocycles. The van der Waals surface area contributed by atoms with E-state index >= 15 is 0 Å². The van der Waals surface area contributed by atoms with Gasteiger partial charge in [-0.3, -0.25) is 4.98 Å². The van der Waals surface area contributed by atoms with Gasteiger partial charge >= 0.3 is 0 Å². The fourth-order valence-corrected chi connectivity index (χ4v) is 5.58. The van der Waals surface area contributed by atoms with Crippen molar-refractivity contribution in [1.29, 1.82) is 0 Å². The summed E-state index contributed by atoms with van der Waals surface area (Å²) in [4.78, 5) is 4.36. The first kappa shape index (κ1) is 22.7. The van der Waals surface area contributed by atoms with Crippen molar-refractivity contribution in [2.75, 3.05) is 13.2 Å². The zero-order valence-electron chi connectivity index (χ0n) is 17.4. The Morgan fingerprint density at radius 3 is 2.66 bits per heavy atom. The third-order valence-corrected chi connectivity index (χ3v) is 7.53. The maximum atomic E-state index is 13.3. The number of ether oxygens (including phenoxy) is 1. The number of benzene rings is 3. The van der Waals surface area contributed by atoms with Gasteiger partial charge in [-0.05, 0) is 66.6 Å². The number of aromatic nitrogens is 1. The van der Waals surface area contributed by atoms with Crippen molar-refractivity contribution >= 4 is 47.5 Å². The highest BCUT2D eigenvalue weighted by atomic mass is 79.9. The van der Waals surface area contributed by atoms with E-state index in [4.69, 9.17) is 10.5 Å². The first-order valence-electron chi connectivity index (χ1n) is 10.3. The minimum absolute atomic E-state index is 0.199. The van der Waals surface area contributed by atoms with E-state index in [9.17, 15) is 8.42 Å². The molecular formula is C24H24BrN3O3S. The summed E-state index contributed by atoms with van der Waals surface area (Å²) in [7, 11) is -3.77. The van der Waals surface area contributed by atoms with E-state index in [1.165, 1.54) is 0 Å². The summed E-state index contributed by atoms with van der Waals surface area (Å²) in [6.07, 6.45) is 4.77. The average Bonchev–Trinajstić information content (AvgIpc) is 2.81. The number of fused-ring (bicyclic) bond motifs is 2. The Balaban J connectivity index is 1.56. The fourth-order valence-electron chi connectivity index (χ4n) is 3.64. The van der Waals surface area contributed by atoms with E-state index in [1.54, 1.807) is 24.5 Å². The molecule has 0 saturated carbocycles. The third-order valence-electron chi connectivity index (χ3n) is 5.26. The van der Waals surface area contributed by atoms with E-state index in [2.05, 4.69) is 25.6 Å². The Labute approximate surface area is 196 Å². The summed E-state index contributed by atoms with van der Waals surface area (Å²) in [5.41, 5.74) is 5.68. The highest BCUT2D eigenvalue weighted by Crippen LogP contribution is 2.29. The van der Waals surface area contributed by atoms with E-state index in [0.717, 1.165) is 20.6 Å². The SMILES string of the molecule is NCCC[C@@H](COc1ccc2cnccc2c1)NS(=O)(=O)c1ccc(Br)c2ccccc12. The molecule has 0 fully saturated rings. The van der Waals surface area contributed by atoms with Gasteiger partial charge in [-0.15, -0.1) is 0 Å². The van der Waals surface area contributed by atoms with Gasteiger partial charge in [0, 0.05) is 27.6 Å². The minimum atomic E-state index is -3.77. The maximum Gasteiger partial charge on any atom is 0.241 e. The van der Waals surface area contributed by atoms with Crippen molar-refractivity contribution in [1.82, 2.24) is 9.71 Å². The summed E-state index contributed by atoms with van der Waals surface area (Å²) in [5, 5.41) is 3.53. The number of hydrogen-bond acceptors (Lipinski definition) is 5. The summed E-state index contributed by atoms with van der Waals surface area (Å²) < 4.78 is 36.2. The number of rotatable bonds is 9. The lowest BCUT2D eigenvalue weighted by Gasteiger charge is -2.20. The third kappa shape index (κ3) is 5.10. The topological polar surface area (TPSA) is 94.3 Å². The molecule has 6 nitrogen and oxygen atoms in total. The Morgan fingerprint density at radius 2 is 1.84 bits per heavy atom. The summed E-state index contributed by atoms with van der Waals surface area (Å²) in [5.74, 6) is 0.676. The number of hydrogen-bond donors (Lipinski definition) is 2. The van der Waals surface area contributed by atoms with Crippen LogP contribution >= 0.6 is 15.9 Å². The average molecular weight is 514 g/mol. The van der Waals surface area contributed by atoms with Crippen LogP contribution in [0.3, 0.4) is 0 Å². The second-order valence-electron chi connectivity index (χ2n) is 7.54. The Morgan fingerprint density at radius 1 is 1.03 bits per heavy atom. The molecule has 0 spiro atoms. The van der Waals surface area contributed by atoms with Crippen LogP contribution in [0.1, 0.15) is 12.8 Å². The molecule has 4 rings (SSSR count). The van der Waals surface area contributed by atoms with Crippen molar-refractivity contribution in [2.45, 2.75) is 23.8 Å². The predicted molar refractivity (Wildman–Crippen MR) is 131 cm³/mol. The van der Waals surface area contributed by atoms with E-state index < -0.39 is 16.1 Å². The predicted octanol–water partition coefficient (Wildman–Crippen LogP) is 4.62. The first-order chi connectivity index (χ1) is 15.5. The van der Waals surface area contributed by atoms with Crippen molar-refractivity contribution < 1.29 is 13.2 Å². The number of pyridine rings is 1. The van der Waals surface area contributed by atoms with Crippen molar-refractivity contribution in [3.05, 3.63) is 77.5 Å². The zero-order valence-corrected chi connectivity index (χ0v) is 19.8. The van der Waals surface area contributed by atoms with Gasteiger partial charge in [0.2, 0.25) is 10.0 Å². The van der Waals surface area contributed by atoms with E-state index in [-0.39, 0.29) is 11.5 Å². The highest BCUT2D eigenvalue weighted by molar-refractivity contribution is 9.10. The van der Waals surface area contributed by atoms with Gasteiger partial charge in [-0.2, -0.15) is 0 Å².